The summed E-state index contributed by atoms with van der Waals surface area (Å²) in [5, 5.41) is 0.973. The Morgan fingerprint density at radius 3 is 2.53 bits per heavy atom. The van der Waals surface area contributed by atoms with Gasteiger partial charge in [0.2, 0.25) is 0 Å². The number of aromatic nitrogens is 1. The molecule has 0 unspecified atom stereocenters. The van der Waals surface area contributed by atoms with Gasteiger partial charge >= 0.3 is 0 Å². The minimum absolute atomic E-state index is 0.0716. The van der Waals surface area contributed by atoms with Gasteiger partial charge in [0.1, 0.15) is 10.7 Å². The van der Waals surface area contributed by atoms with Crippen molar-refractivity contribution in [2.45, 2.75) is 26.3 Å². The molecule has 0 N–H and O–H groups in total. The van der Waals surface area contributed by atoms with E-state index in [4.69, 9.17) is 0 Å². The molecule has 30 heavy (non-hydrogen) atoms. The molecule has 4 rings (SSSR count). The first-order valence-electron chi connectivity index (χ1n) is 10.3. The van der Waals surface area contributed by atoms with Crippen LogP contribution in [0.1, 0.15) is 44.5 Å². The quantitative estimate of drug-likeness (QED) is 0.597. The summed E-state index contributed by atoms with van der Waals surface area (Å²) < 4.78 is 13.6. The molecule has 2 heterocycles. The number of amides is 1. The number of carbonyl (C=O) groups excluding carboxylic acids is 1. The van der Waals surface area contributed by atoms with Crippen LogP contribution in [-0.4, -0.2) is 46.9 Å². The number of hydrogen-bond acceptors (Lipinski definition) is 4. The Kier molecular flexibility index (Phi) is 6.25. The van der Waals surface area contributed by atoms with E-state index >= 15 is 0 Å². The minimum Gasteiger partial charge on any atom is -0.335 e. The maximum absolute atomic E-state index is 13.6. The predicted molar refractivity (Wildman–Crippen MR) is 118 cm³/mol. The number of carbonyl (C=O) groups is 1. The molecule has 0 saturated carbocycles. The Morgan fingerprint density at radius 2 is 1.83 bits per heavy atom. The number of halogens is 1. The minimum atomic E-state index is -0.208. The predicted octanol–water partition coefficient (Wildman–Crippen LogP) is 4.70. The molecule has 0 spiro atoms. The summed E-state index contributed by atoms with van der Waals surface area (Å²) in [5.41, 5.74) is 2.98. The Balaban J connectivity index is 1.38. The molecule has 156 valence electrons. The molecule has 1 aliphatic heterocycles. The molecule has 0 bridgehead atoms. The number of benzene rings is 2. The van der Waals surface area contributed by atoms with Gasteiger partial charge in [-0.25, -0.2) is 9.37 Å². The van der Waals surface area contributed by atoms with Crippen molar-refractivity contribution in [1.82, 2.24) is 14.8 Å². The molecule has 1 amide bonds. The summed E-state index contributed by atoms with van der Waals surface area (Å²) in [6.45, 7) is 6.90. The van der Waals surface area contributed by atoms with Gasteiger partial charge in [0.15, 0.2) is 0 Å². The van der Waals surface area contributed by atoms with E-state index in [1.807, 2.05) is 36.1 Å². The van der Waals surface area contributed by atoms with Gasteiger partial charge in [-0.05, 0) is 37.1 Å². The summed E-state index contributed by atoms with van der Waals surface area (Å²) in [5.74, 6) is -0.137. The van der Waals surface area contributed by atoms with Crippen molar-refractivity contribution in [1.29, 1.82) is 0 Å². The second-order valence-corrected chi connectivity index (χ2v) is 8.83. The first kappa shape index (κ1) is 20.7. The summed E-state index contributed by atoms with van der Waals surface area (Å²) >= 11 is 1.50. The lowest BCUT2D eigenvalue weighted by atomic mass is 10.1. The molecule has 1 atom stereocenters. The fraction of sp³-hybridized carbons (Fsp3) is 0.333. The number of rotatable bonds is 5. The highest BCUT2D eigenvalue weighted by Crippen LogP contribution is 2.25. The van der Waals surface area contributed by atoms with Crippen LogP contribution in [0.15, 0.2) is 54.6 Å². The van der Waals surface area contributed by atoms with E-state index in [-0.39, 0.29) is 17.8 Å². The van der Waals surface area contributed by atoms with Gasteiger partial charge in [-0.15, -0.1) is 11.3 Å². The average molecular weight is 424 g/mol. The van der Waals surface area contributed by atoms with E-state index < -0.39 is 0 Å². The molecule has 3 aromatic rings. The maximum Gasteiger partial charge on any atom is 0.265 e. The highest BCUT2D eigenvalue weighted by atomic mass is 32.1. The van der Waals surface area contributed by atoms with Crippen molar-refractivity contribution in [3.63, 3.8) is 0 Å². The van der Waals surface area contributed by atoms with E-state index in [9.17, 15) is 9.18 Å². The van der Waals surface area contributed by atoms with Crippen molar-refractivity contribution in [2.75, 3.05) is 26.2 Å². The third-order valence-electron chi connectivity index (χ3n) is 5.71. The van der Waals surface area contributed by atoms with Crippen LogP contribution in [0.25, 0.3) is 0 Å². The van der Waals surface area contributed by atoms with E-state index in [2.05, 4.69) is 28.9 Å². The topological polar surface area (TPSA) is 36.4 Å². The summed E-state index contributed by atoms with van der Waals surface area (Å²) in [4.78, 5) is 22.7. The number of nitrogens with zero attached hydrogens (tertiary/aromatic N) is 3. The third kappa shape index (κ3) is 4.60. The van der Waals surface area contributed by atoms with Gasteiger partial charge in [-0.2, -0.15) is 0 Å². The Labute approximate surface area is 181 Å². The first-order chi connectivity index (χ1) is 14.5. The lowest BCUT2D eigenvalue weighted by Gasteiger charge is -2.38. The monoisotopic (exact) mass is 423 g/mol. The van der Waals surface area contributed by atoms with Crippen LogP contribution in [0.5, 0.6) is 0 Å². The zero-order valence-electron chi connectivity index (χ0n) is 17.3. The highest BCUT2D eigenvalue weighted by molar-refractivity contribution is 7.13. The van der Waals surface area contributed by atoms with Crippen molar-refractivity contribution in [2.24, 2.45) is 0 Å². The summed E-state index contributed by atoms with van der Waals surface area (Å²) in [6.07, 6.45) is 0.749. The molecule has 1 fully saturated rings. The van der Waals surface area contributed by atoms with Gasteiger partial charge in [0, 0.05) is 38.6 Å². The molecule has 6 heteroatoms. The van der Waals surface area contributed by atoms with Gasteiger partial charge in [-0.1, -0.05) is 42.5 Å². The van der Waals surface area contributed by atoms with Crippen molar-refractivity contribution < 1.29 is 9.18 Å². The Morgan fingerprint density at radius 1 is 1.10 bits per heavy atom. The van der Waals surface area contributed by atoms with Gasteiger partial charge in [-0.3, -0.25) is 9.69 Å². The van der Waals surface area contributed by atoms with Crippen molar-refractivity contribution in [3.8, 4) is 0 Å². The van der Waals surface area contributed by atoms with Crippen LogP contribution in [0.2, 0.25) is 0 Å². The van der Waals surface area contributed by atoms with Crippen LogP contribution < -0.4 is 0 Å². The highest BCUT2D eigenvalue weighted by Gasteiger charge is 2.27. The fourth-order valence-electron chi connectivity index (χ4n) is 3.93. The molecular formula is C24H26FN3OS. The SMILES string of the molecule is Cc1nc(Cc2ccccc2)sc1C(=O)N1CCN([C@@H](C)c2cccc(F)c2)CC1. The number of thiazole rings is 1. The number of aryl methyl sites for hydroxylation is 1. The van der Waals surface area contributed by atoms with E-state index in [0.717, 1.165) is 40.7 Å². The lowest BCUT2D eigenvalue weighted by Crippen LogP contribution is -2.49. The van der Waals surface area contributed by atoms with Crippen LogP contribution in [-0.2, 0) is 6.42 Å². The standard InChI is InChI=1S/C24H26FN3OS/c1-17-23(30-22(26-17)15-19-7-4-3-5-8-19)24(29)28-13-11-27(12-14-28)18(2)20-9-6-10-21(25)16-20/h3-10,16,18H,11-15H2,1-2H3/t18-/m0/s1. The molecule has 4 nitrogen and oxygen atoms in total. The van der Waals surface area contributed by atoms with Crippen molar-refractivity contribution >= 4 is 17.2 Å². The molecule has 0 radical (unpaired) electrons. The average Bonchev–Trinajstić information content (AvgIpc) is 3.13. The van der Waals surface area contributed by atoms with Crippen molar-refractivity contribution in [3.05, 3.63) is 87.1 Å². The lowest BCUT2D eigenvalue weighted by molar-refractivity contribution is 0.0585. The molecular weight excluding hydrogens is 397 g/mol. The molecule has 2 aromatic carbocycles. The second-order valence-electron chi connectivity index (χ2n) is 7.74. The van der Waals surface area contributed by atoms with Crippen LogP contribution in [0.4, 0.5) is 4.39 Å². The molecule has 1 aliphatic rings. The summed E-state index contributed by atoms with van der Waals surface area (Å²) in [6, 6.07) is 17.1. The Hall–Kier alpha value is -2.57. The number of hydrogen-bond donors (Lipinski definition) is 0. The molecule has 1 aromatic heterocycles. The smallest absolute Gasteiger partial charge is 0.265 e. The summed E-state index contributed by atoms with van der Waals surface area (Å²) in [7, 11) is 0. The van der Waals surface area contributed by atoms with Crippen LogP contribution in [0.3, 0.4) is 0 Å². The zero-order valence-corrected chi connectivity index (χ0v) is 18.2. The second kappa shape index (κ2) is 9.06. The van der Waals surface area contributed by atoms with Gasteiger partial charge in [0.25, 0.3) is 5.91 Å². The molecule has 0 aliphatic carbocycles. The normalized spacial score (nSPS) is 15.9. The van der Waals surface area contributed by atoms with Crippen LogP contribution in [0, 0.1) is 12.7 Å². The number of piperazine rings is 1. The molecule has 1 saturated heterocycles. The van der Waals surface area contributed by atoms with E-state index in [1.165, 1.54) is 23.0 Å². The van der Waals surface area contributed by atoms with Gasteiger partial charge < -0.3 is 4.90 Å². The zero-order chi connectivity index (χ0) is 21.1. The maximum atomic E-state index is 13.6. The first-order valence-corrected chi connectivity index (χ1v) is 11.1. The van der Waals surface area contributed by atoms with E-state index in [0.29, 0.717) is 13.1 Å². The van der Waals surface area contributed by atoms with Crippen LogP contribution >= 0.6 is 11.3 Å². The largest absolute Gasteiger partial charge is 0.335 e. The third-order valence-corrected chi connectivity index (χ3v) is 6.86. The van der Waals surface area contributed by atoms with Gasteiger partial charge in [0.05, 0.1) is 10.7 Å². The Bertz CT molecular complexity index is 1010. The fourth-order valence-corrected chi connectivity index (χ4v) is 5.00. The van der Waals surface area contributed by atoms with E-state index in [1.54, 1.807) is 12.1 Å².